The monoisotopic (exact) mass is 355 g/mol. The Balaban J connectivity index is 1.74. The zero-order valence-corrected chi connectivity index (χ0v) is 14.0. The second-order valence-corrected chi connectivity index (χ2v) is 5.90. The second kappa shape index (κ2) is 5.80. The highest BCUT2D eigenvalue weighted by Gasteiger charge is 2.15. The molecule has 4 aromatic rings. The van der Waals surface area contributed by atoms with Gasteiger partial charge in [-0.1, -0.05) is 0 Å². The van der Waals surface area contributed by atoms with Crippen LogP contribution < -0.4 is 11.2 Å². The van der Waals surface area contributed by atoms with Gasteiger partial charge in [0.15, 0.2) is 11.2 Å². The third-order valence-electron chi connectivity index (χ3n) is 4.19. The predicted molar refractivity (Wildman–Crippen MR) is 91.2 cm³/mol. The molecule has 0 aliphatic rings. The number of nitrogens with zero attached hydrogens (tertiary/aromatic N) is 5. The van der Waals surface area contributed by atoms with Crippen molar-refractivity contribution in [3.05, 3.63) is 69.2 Å². The van der Waals surface area contributed by atoms with Gasteiger partial charge >= 0.3 is 5.69 Å². The topological polar surface area (TPSA) is 87.8 Å². The number of imidazole rings is 1. The van der Waals surface area contributed by atoms with Crippen LogP contribution in [-0.2, 0) is 20.6 Å². The molecule has 0 amide bonds. The molecule has 0 aliphatic carbocycles. The molecule has 0 fully saturated rings. The fraction of sp³-hybridized carbons (Fsp3) is 0.176. The van der Waals surface area contributed by atoms with Crippen molar-refractivity contribution in [2.45, 2.75) is 6.54 Å². The number of oxazole rings is 1. The van der Waals surface area contributed by atoms with Crippen molar-refractivity contribution in [3.63, 3.8) is 0 Å². The fourth-order valence-corrected chi connectivity index (χ4v) is 2.80. The first kappa shape index (κ1) is 16.0. The number of hydrogen-bond acceptors (Lipinski definition) is 5. The molecule has 4 rings (SSSR count). The van der Waals surface area contributed by atoms with Crippen molar-refractivity contribution in [2.75, 3.05) is 0 Å². The molecule has 9 heteroatoms. The van der Waals surface area contributed by atoms with Crippen molar-refractivity contribution in [1.82, 2.24) is 23.7 Å². The van der Waals surface area contributed by atoms with Gasteiger partial charge in [0.2, 0.25) is 5.89 Å². The summed E-state index contributed by atoms with van der Waals surface area (Å²) >= 11 is 0. The lowest BCUT2D eigenvalue weighted by Crippen LogP contribution is -2.37. The number of fused-ring (bicyclic) bond motifs is 1. The van der Waals surface area contributed by atoms with Crippen molar-refractivity contribution < 1.29 is 8.81 Å². The molecule has 0 atom stereocenters. The average molecular weight is 355 g/mol. The minimum atomic E-state index is -0.437. The summed E-state index contributed by atoms with van der Waals surface area (Å²) in [4.78, 5) is 33.0. The Morgan fingerprint density at radius 1 is 1.12 bits per heavy atom. The standard InChI is InChI=1S/C17H14FN5O3/c1-21-14-13(16(24)22(2)17(21)25)23(9-19-14)7-12-8-26-15(20-12)10-3-5-11(18)6-4-10/h3-6,8-9H,7H2,1-2H3. The van der Waals surface area contributed by atoms with E-state index < -0.39 is 11.2 Å². The lowest BCUT2D eigenvalue weighted by atomic mass is 10.2. The minimum absolute atomic E-state index is 0.245. The Morgan fingerprint density at radius 3 is 2.58 bits per heavy atom. The molecule has 3 aromatic heterocycles. The van der Waals surface area contributed by atoms with Crippen molar-refractivity contribution >= 4 is 11.2 Å². The Morgan fingerprint density at radius 2 is 1.85 bits per heavy atom. The Hall–Kier alpha value is -3.49. The van der Waals surface area contributed by atoms with Crippen LogP contribution >= 0.6 is 0 Å². The maximum Gasteiger partial charge on any atom is 0.332 e. The van der Waals surface area contributed by atoms with E-state index in [2.05, 4.69) is 9.97 Å². The zero-order chi connectivity index (χ0) is 18.4. The van der Waals surface area contributed by atoms with Crippen LogP contribution in [0.1, 0.15) is 5.69 Å². The molecule has 0 saturated carbocycles. The Kier molecular flexibility index (Phi) is 3.57. The van der Waals surface area contributed by atoms with Crippen LogP contribution in [-0.4, -0.2) is 23.7 Å². The summed E-state index contributed by atoms with van der Waals surface area (Å²) in [5, 5.41) is 0. The van der Waals surface area contributed by atoms with Crippen molar-refractivity contribution in [3.8, 4) is 11.5 Å². The van der Waals surface area contributed by atoms with Gasteiger partial charge in [0.05, 0.1) is 18.6 Å². The quantitative estimate of drug-likeness (QED) is 0.552. The van der Waals surface area contributed by atoms with Gasteiger partial charge in [-0.15, -0.1) is 0 Å². The van der Waals surface area contributed by atoms with Crippen LogP contribution in [0.25, 0.3) is 22.6 Å². The average Bonchev–Trinajstić information content (AvgIpc) is 3.26. The van der Waals surface area contributed by atoms with E-state index in [9.17, 15) is 14.0 Å². The van der Waals surface area contributed by atoms with E-state index >= 15 is 0 Å². The summed E-state index contributed by atoms with van der Waals surface area (Å²) in [5.41, 5.74) is 0.961. The zero-order valence-electron chi connectivity index (χ0n) is 14.0. The van der Waals surface area contributed by atoms with Crippen LogP contribution in [0.2, 0.25) is 0 Å². The fourth-order valence-electron chi connectivity index (χ4n) is 2.80. The highest BCUT2D eigenvalue weighted by Crippen LogP contribution is 2.19. The molecule has 3 heterocycles. The second-order valence-electron chi connectivity index (χ2n) is 5.90. The lowest BCUT2D eigenvalue weighted by molar-refractivity contribution is 0.571. The van der Waals surface area contributed by atoms with Gasteiger partial charge in [-0.3, -0.25) is 13.9 Å². The lowest BCUT2D eigenvalue weighted by Gasteiger charge is -2.05. The normalized spacial score (nSPS) is 11.3. The SMILES string of the molecule is Cn1c(=O)c2c(ncn2Cc2coc(-c3ccc(F)cc3)n2)n(C)c1=O. The molecule has 0 radical (unpaired) electrons. The number of halogens is 1. The Bertz CT molecular complexity index is 1230. The van der Waals surface area contributed by atoms with Gasteiger partial charge in [0, 0.05) is 19.7 Å². The largest absolute Gasteiger partial charge is 0.444 e. The molecule has 0 saturated heterocycles. The molecule has 1 aromatic carbocycles. The molecule has 132 valence electrons. The Labute approximate surface area is 145 Å². The first-order valence-corrected chi connectivity index (χ1v) is 7.77. The number of aryl methyl sites for hydroxylation is 1. The van der Waals surface area contributed by atoms with E-state index in [1.165, 1.54) is 36.3 Å². The smallest absolute Gasteiger partial charge is 0.332 e. The van der Waals surface area contributed by atoms with Gasteiger partial charge < -0.3 is 8.98 Å². The summed E-state index contributed by atoms with van der Waals surface area (Å²) in [5.74, 6) is 0.0107. The molecule has 8 nitrogen and oxygen atoms in total. The maximum absolute atomic E-state index is 13.0. The van der Waals surface area contributed by atoms with E-state index in [0.717, 1.165) is 4.57 Å². The third kappa shape index (κ3) is 2.44. The highest BCUT2D eigenvalue weighted by molar-refractivity contribution is 5.70. The van der Waals surface area contributed by atoms with Crippen LogP contribution in [0.15, 0.2) is 50.9 Å². The van der Waals surface area contributed by atoms with Crippen LogP contribution in [0.3, 0.4) is 0 Å². The summed E-state index contributed by atoms with van der Waals surface area (Å²) < 4.78 is 22.4. The molecule has 26 heavy (non-hydrogen) atoms. The van der Waals surface area contributed by atoms with Gasteiger partial charge in [0.1, 0.15) is 12.1 Å². The first-order valence-electron chi connectivity index (χ1n) is 7.77. The molecular weight excluding hydrogens is 341 g/mol. The first-order chi connectivity index (χ1) is 12.5. The van der Waals surface area contributed by atoms with E-state index in [0.29, 0.717) is 28.3 Å². The van der Waals surface area contributed by atoms with Crippen LogP contribution in [0, 0.1) is 5.82 Å². The number of benzene rings is 1. The molecule has 0 N–H and O–H groups in total. The van der Waals surface area contributed by atoms with Gasteiger partial charge in [0.25, 0.3) is 5.56 Å². The van der Waals surface area contributed by atoms with E-state index in [4.69, 9.17) is 4.42 Å². The molecule has 0 aliphatic heterocycles. The molecule has 0 spiro atoms. The predicted octanol–water partition coefficient (Wildman–Crippen LogP) is 1.28. The molecular formula is C17H14FN5O3. The third-order valence-corrected chi connectivity index (χ3v) is 4.19. The van der Waals surface area contributed by atoms with E-state index in [1.54, 1.807) is 23.7 Å². The molecule has 0 bridgehead atoms. The number of rotatable bonds is 3. The van der Waals surface area contributed by atoms with Crippen molar-refractivity contribution in [1.29, 1.82) is 0 Å². The number of hydrogen-bond donors (Lipinski definition) is 0. The highest BCUT2D eigenvalue weighted by atomic mass is 19.1. The van der Waals surface area contributed by atoms with E-state index in [1.807, 2.05) is 0 Å². The van der Waals surface area contributed by atoms with Crippen molar-refractivity contribution in [2.24, 2.45) is 14.1 Å². The van der Waals surface area contributed by atoms with Gasteiger partial charge in [-0.2, -0.15) is 0 Å². The summed E-state index contributed by atoms with van der Waals surface area (Å²) in [6, 6.07) is 5.80. The molecule has 0 unspecified atom stereocenters. The summed E-state index contributed by atoms with van der Waals surface area (Å²) in [6.07, 6.45) is 2.95. The van der Waals surface area contributed by atoms with Crippen LogP contribution in [0.5, 0.6) is 0 Å². The minimum Gasteiger partial charge on any atom is -0.444 e. The number of aromatic nitrogens is 5. The van der Waals surface area contributed by atoms with Gasteiger partial charge in [-0.25, -0.2) is 19.2 Å². The maximum atomic E-state index is 13.0. The summed E-state index contributed by atoms with van der Waals surface area (Å²) in [6.45, 7) is 0.245. The van der Waals surface area contributed by atoms with E-state index in [-0.39, 0.29) is 12.4 Å². The van der Waals surface area contributed by atoms with Crippen LogP contribution in [0.4, 0.5) is 4.39 Å². The van der Waals surface area contributed by atoms with Gasteiger partial charge in [-0.05, 0) is 24.3 Å². The summed E-state index contributed by atoms with van der Waals surface area (Å²) in [7, 11) is 2.98.